The maximum absolute atomic E-state index is 14.6. The number of amides is 11. The van der Waals surface area contributed by atoms with Crippen LogP contribution in [0.4, 0.5) is 0 Å². The number of rotatable bonds is 27. The number of nitrogens with two attached hydrogens (primary N) is 4. The van der Waals surface area contributed by atoms with E-state index in [1.807, 2.05) is 0 Å². The van der Waals surface area contributed by atoms with Crippen molar-refractivity contribution in [2.75, 3.05) is 19.6 Å². The van der Waals surface area contributed by atoms with Gasteiger partial charge >= 0.3 is 5.97 Å². The second-order valence-electron chi connectivity index (χ2n) is 17.4. The molecule has 15 N–H and O–H groups in total. The lowest BCUT2D eigenvalue weighted by atomic mass is 10.0. The predicted octanol–water partition coefficient (Wildman–Crippen LogP) is -4.47. The first-order valence-corrected chi connectivity index (χ1v) is 23.0. The summed E-state index contributed by atoms with van der Waals surface area (Å²) in [6.45, 7) is 0.688. The smallest absolute Gasteiger partial charge is 0.326 e. The maximum atomic E-state index is 14.6. The summed E-state index contributed by atoms with van der Waals surface area (Å²) >= 11 is 0. The van der Waals surface area contributed by atoms with E-state index >= 15 is 0 Å². The molecule has 3 saturated heterocycles. The zero-order valence-corrected chi connectivity index (χ0v) is 38.3. The van der Waals surface area contributed by atoms with Gasteiger partial charge in [-0.25, -0.2) is 4.79 Å². The Labute approximate surface area is 397 Å². The molecule has 4 rings (SSSR count). The number of hydrogen-bond donors (Lipinski definition) is 11. The van der Waals surface area contributed by atoms with E-state index in [2.05, 4.69) is 31.9 Å². The number of nitrogens with one attached hydrogen (secondary N) is 6. The number of benzene rings is 1. The molecule has 8 atom stereocenters. The summed E-state index contributed by atoms with van der Waals surface area (Å²) in [5, 5.41) is 25.4. The minimum absolute atomic E-state index is 0.0452. The van der Waals surface area contributed by atoms with E-state index < -0.39 is 119 Å². The van der Waals surface area contributed by atoms with Crippen LogP contribution in [0.15, 0.2) is 30.3 Å². The summed E-state index contributed by atoms with van der Waals surface area (Å²) in [6, 6.07) is -1.39. The van der Waals surface area contributed by atoms with Crippen molar-refractivity contribution < 1.29 is 62.6 Å². The first kappa shape index (κ1) is 54.4. The van der Waals surface area contributed by atoms with Crippen molar-refractivity contribution in [1.82, 2.24) is 41.7 Å². The van der Waals surface area contributed by atoms with Crippen LogP contribution in [-0.4, -0.2) is 154 Å². The number of nitrogens with zero attached hydrogens (tertiary/aromatic N) is 2. The first-order valence-electron chi connectivity index (χ1n) is 23.0. The van der Waals surface area contributed by atoms with Crippen LogP contribution in [0.25, 0.3) is 0 Å². The SMILES string of the molecule is NC(=O)CC[C@H](NC(=O)[C@H](CCC(N)=O)NC(=O)[C@@H]1CCCN1C(=O)[C@H](Cc1ccccc1)NC(=O)[C@@H]1CCCN1C(=O)[C@H](CCC(N)=O)NC(=O)[C@H](CCC(N)=O)NC(=O)[C@@H]1CCCN1)C(=O)O. The number of carbonyl (C=O) groups is 12. The van der Waals surface area contributed by atoms with Gasteiger partial charge in [0.1, 0.15) is 42.3 Å². The number of carbonyl (C=O) groups excluding carboxylic acids is 11. The molecule has 25 heteroatoms. The molecule has 378 valence electrons. The van der Waals surface area contributed by atoms with Crippen molar-refractivity contribution in [2.45, 2.75) is 145 Å². The molecule has 0 saturated carbocycles. The van der Waals surface area contributed by atoms with Gasteiger partial charge in [0.05, 0.1) is 6.04 Å². The van der Waals surface area contributed by atoms with E-state index in [9.17, 15) is 62.6 Å². The lowest BCUT2D eigenvalue weighted by Gasteiger charge is -2.32. The maximum Gasteiger partial charge on any atom is 0.326 e. The molecule has 1 aromatic rings. The zero-order chi connectivity index (χ0) is 50.8. The largest absolute Gasteiger partial charge is 0.480 e. The molecule has 11 amide bonds. The molecule has 0 aliphatic carbocycles. The fourth-order valence-electron chi connectivity index (χ4n) is 8.52. The van der Waals surface area contributed by atoms with Gasteiger partial charge in [-0.1, -0.05) is 30.3 Å². The molecule has 3 heterocycles. The minimum atomic E-state index is -1.57. The van der Waals surface area contributed by atoms with Gasteiger partial charge < -0.3 is 69.7 Å². The molecular weight excluding hydrogens is 905 g/mol. The van der Waals surface area contributed by atoms with E-state index in [4.69, 9.17) is 22.9 Å². The zero-order valence-electron chi connectivity index (χ0n) is 38.3. The molecule has 3 fully saturated rings. The second-order valence-corrected chi connectivity index (χ2v) is 17.4. The average molecular weight is 969 g/mol. The molecule has 0 bridgehead atoms. The van der Waals surface area contributed by atoms with E-state index in [0.29, 0.717) is 31.4 Å². The summed E-state index contributed by atoms with van der Waals surface area (Å²) in [6.07, 6.45) is -0.441. The highest BCUT2D eigenvalue weighted by Gasteiger charge is 2.43. The molecular formula is C44H64N12O13. The normalized spacial score (nSPS) is 19.7. The molecule has 0 unspecified atom stereocenters. The van der Waals surface area contributed by atoms with Crippen LogP contribution in [0.3, 0.4) is 0 Å². The van der Waals surface area contributed by atoms with Gasteiger partial charge in [0.25, 0.3) is 0 Å². The van der Waals surface area contributed by atoms with Crippen molar-refractivity contribution in [3.8, 4) is 0 Å². The summed E-state index contributed by atoms with van der Waals surface area (Å²) in [4.78, 5) is 158. The number of hydrogen-bond acceptors (Lipinski definition) is 13. The Morgan fingerprint density at radius 2 is 0.957 bits per heavy atom. The van der Waals surface area contributed by atoms with Gasteiger partial charge in [-0.05, 0) is 76.3 Å². The Hall–Kier alpha value is -7.18. The van der Waals surface area contributed by atoms with Gasteiger partial charge in [0, 0.05) is 45.2 Å². The van der Waals surface area contributed by atoms with Crippen LogP contribution >= 0.6 is 0 Å². The van der Waals surface area contributed by atoms with Crippen molar-refractivity contribution in [1.29, 1.82) is 0 Å². The van der Waals surface area contributed by atoms with Crippen LogP contribution in [0.1, 0.15) is 95.5 Å². The lowest BCUT2D eigenvalue weighted by Crippen LogP contribution is -2.60. The van der Waals surface area contributed by atoms with Crippen LogP contribution in [0, 0.1) is 0 Å². The fraction of sp³-hybridized carbons (Fsp3) is 0.591. The summed E-state index contributed by atoms with van der Waals surface area (Å²) in [7, 11) is 0. The second kappa shape index (κ2) is 26.4. The molecule has 0 radical (unpaired) electrons. The minimum Gasteiger partial charge on any atom is -0.480 e. The summed E-state index contributed by atoms with van der Waals surface area (Å²) < 4.78 is 0. The van der Waals surface area contributed by atoms with Crippen molar-refractivity contribution in [2.24, 2.45) is 22.9 Å². The molecule has 0 spiro atoms. The number of likely N-dealkylation sites (tertiary alicyclic amines) is 2. The van der Waals surface area contributed by atoms with E-state index in [-0.39, 0.29) is 83.7 Å². The predicted molar refractivity (Wildman–Crippen MR) is 242 cm³/mol. The van der Waals surface area contributed by atoms with Crippen molar-refractivity contribution in [3.63, 3.8) is 0 Å². The fourth-order valence-corrected chi connectivity index (χ4v) is 8.52. The lowest BCUT2D eigenvalue weighted by molar-refractivity contribution is -0.145. The van der Waals surface area contributed by atoms with E-state index in [1.54, 1.807) is 30.3 Å². The number of carboxylic acids is 1. The molecule has 3 aliphatic rings. The van der Waals surface area contributed by atoms with Gasteiger partial charge in [0.15, 0.2) is 0 Å². The third-order valence-corrected chi connectivity index (χ3v) is 12.2. The Balaban J connectivity index is 1.54. The molecule has 69 heavy (non-hydrogen) atoms. The standard InChI is InChI=1S/C44H64N12O13/c45-33(57)16-12-26(50-37(61)25-9-4-20-49-25)38(62)52-28(14-18-35(47)59)42(66)55-21-5-11-32(55)41(65)54-30(23-24-7-2-1-3-8-24)43(67)56-22-6-10-31(56)40(64)51-27(13-17-34(46)58)39(63)53-29(44(68)69)15-19-36(48)60/h1-3,7-8,25-32,49H,4-6,9-23H2,(H2,45,57)(H2,46,58)(H2,47,59)(H2,48,60)(H,50,61)(H,51,64)(H,52,62)(H,53,63)(H,54,65)(H,68,69)/t25-,26-,27-,28-,29-,30-,31-,32-/m0/s1. The Morgan fingerprint density at radius 1 is 0.536 bits per heavy atom. The number of aliphatic carboxylic acids is 1. The monoisotopic (exact) mass is 968 g/mol. The average Bonchev–Trinajstić information content (AvgIpc) is 4.12. The third kappa shape index (κ3) is 16.8. The van der Waals surface area contributed by atoms with Crippen molar-refractivity contribution in [3.05, 3.63) is 35.9 Å². The highest BCUT2D eigenvalue weighted by Crippen LogP contribution is 2.23. The number of primary amides is 4. The van der Waals surface area contributed by atoms with Gasteiger partial charge in [0.2, 0.25) is 65.0 Å². The quantitative estimate of drug-likeness (QED) is 0.0396. The first-order chi connectivity index (χ1) is 32.7. The van der Waals surface area contributed by atoms with Crippen LogP contribution in [0.2, 0.25) is 0 Å². The van der Waals surface area contributed by atoms with E-state index in [0.717, 1.165) is 6.42 Å². The molecule has 25 nitrogen and oxygen atoms in total. The Bertz CT molecular complexity index is 2090. The van der Waals surface area contributed by atoms with Gasteiger partial charge in [-0.2, -0.15) is 0 Å². The molecule has 1 aromatic carbocycles. The Morgan fingerprint density at radius 3 is 1.41 bits per heavy atom. The summed E-state index contributed by atoms with van der Waals surface area (Å²) in [5.74, 6) is -9.95. The number of carboxylic acid groups (broad SMARTS) is 1. The van der Waals surface area contributed by atoms with Crippen molar-refractivity contribution >= 4 is 70.9 Å². The topological polar surface area (TPSA) is 408 Å². The highest BCUT2D eigenvalue weighted by molar-refractivity contribution is 5.98. The van der Waals surface area contributed by atoms with Gasteiger partial charge in [-0.3, -0.25) is 52.7 Å². The van der Waals surface area contributed by atoms with Crippen LogP contribution in [-0.2, 0) is 64.0 Å². The third-order valence-electron chi connectivity index (χ3n) is 12.2. The molecule has 3 aliphatic heterocycles. The Kier molecular flexibility index (Phi) is 20.8. The summed E-state index contributed by atoms with van der Waals surface area (Å²) in [5.41, 5.74) is 21.9. The van der Waals surface area contributed by atoms with Crippen LogP contribution in [0.5, 0.6) is 0 Å². The van der Waals surface area contributed by atoms with Crippen LogP contribution < -0.4 is 54.8 Å². The van der Waals surface area contributed by atoms with Gasteiger partial charge in [-0.15, -0.1) is 0 Å². The molecule has 0 aromatic heterocycles. The highest BCUT2D eigenvalue weighted by atomic mass is 16.4. The van der Waals surface area contributed by atoms with E-state index in [1.165, 1.54) is 9.80 Å².